The molecular formula is C10H16N2O4S2. The summed E-state index contributed by atoms with van der Waals surface area (Å²) >= 11 is 0.924. The minimum atomic E-state index is -3.74. The lowest BCUT2D eigenvalue weighted by atomic mass is 10.3. The van der Waals surface area contributed by atoms with Crippen LogP contribution in [-0.2, 0) is 14.8 Å². The molecule has 0 aliphatic carbocycles. The van der Waals surface area contributed by atoms with Crippen molar-refractivity contribution in [2.45, 2.75) is 24.2 Å². The molecule has 18 heavy (non-hydrogen) atoms. The number of ether oxygens (including phenoxy) is 1. The van der Waals surface area contributed by atoms with Gasteiger partial charge in [-0.15, -0.1) is 11.3 Å². The Kier molecular flexibility index (Phi) is 5.27. The Hall–Kier alpha value is -0.960. The maximum absolute atomic E-state index is 11.6. The third-order valence-corrected chi connectivity index (χ3v) is 4.34. The van der Waals surface area contributed by atoms with Crippen LogP contribution in [0, 0.1) is 0 Å². The van der Waals surface area contributed by atoms with Crippen molar-refractivity contribution < 1.29 is 17.9 Å². The number of hydrogen-bond donors (Lipinski definition) is 2. The van der Waals surface area contributed by atoms with E-state index < -0.39 is 10.0 Å². The first kappa shape index (κ1) is 15.1. The van der Waals surface area contributed by atoms with Gasteiger partial charge in [-0.05, 0) is 19.9 Å². The monoisotopic (exact) mass is 292 g/mol. The summed E-state index contributed by atoms with van der Waals surface area (Å²) in [5.41, 5.74) is 0.286. The number of carbonyl (C=O) groups excluding carboxylic acids is 1. The SMILES string of the molecule is CC(C)OCCNC(=O)c1csc(S(N)(=O)=O)c1. The van der Waals surface area contributed by atoms with Crippen LogP contribution in [0.15, 0.2) is 15.7 Å². The molecule has 0 spiro atoms. The van der Waals surface area contributed by atoms with E-state index in [0.29, 0.717) is 13.2 Å². The molecule has 0 bridgehead atoms. The van der Waals surface area contributed by atoms with E-state index in [-0.39, 0.29) is 21.8 Å². The van der Waals surface area contributed by atoms with Gasteiger partial charge in [0.1, 0.15) is 4.21 Å². The predicted octanol–water partition coefficient (Wildman–Crippen LogP) is 0.550. The van der Waals surface area contributed by atoms with Crippen molar-refractivity contribution in [3.05, 3.63) is 17.0 Å². The van der Waals surface area contributed by atoms with Gasteiger partial charge in [0.15, 0.2) is 0 Å². The van der Waals surface area contributed by atoms with Crippen LogP contribution in [0.2, 0.25) is 0 Å². The molecule has 6 nitrogen and oxygen atoms in total. The van der Waals surface area contributed by atoms with Crippen molar-refractivity contribution in [2.75, 3.05) is 13.2 Å². The number of nitrogens with one attached hydrogen (secondary N) is 1. The normalized spacial score (nSPS) is 11.8. The first-order chi connectivity index (χ1) is 8.30. The maximum Gasteiger partial charge on any atom is 0.252 e. The van der Waals surface area contributed by atoms with Crippen LogP contribution in [0.3, 0.4) is 0 Å². The van der Waals surface area contributed by atoms with Gasteiger partial charge in [0.05, 0.1) is 18.3 Å². The molecule has 0 saturated heterocycles. The first-order valence-corrected chi connectivity index (χ1v) is 7.74. The molecule has 3 N–H and O–H groups in total. The van der Waals surface area contributed by atoms with Crippen LogP contribution >= 0.6 is 11.3 Å². The summed E-state index contributed by atoms with van der Waals surface area (Å²) < 4.78 is 27.3. The summed E-state index contributed by atoms with van der Waals surface area (Å²) in [7, 11) is -3.74. The molecule has 0 saturated carbocycles. The molecule has 1 amide bonds. The van der Waals surface area contributed by atoms with Gasteiger partial charge in [-0.1, -0.05) is 0 Å². The number of thiophene rings is 1. The fourth-order valence-corrected chi connectivity index (χ4v) is 2.73. The second-order valence-corrected chi connectivity index (χ2v) is 6.57. The van der Waals surface area contributed by atoms with Crippen molar-refractivity contribution in [2.24, 2.45) is 5.14 Å². The Bertz CT molecular complexity index is 508. The number of sulfonamides is 1. The first-order valence-electron chi connectivity index (χ1n) is 5.32. The van der Waals surface area contributed by atoms with Crippen molar-refractivity contribution in [3.63, 3.8) is 0 Å². The van der Waals surface area contributed by atoms with E-state index in [9.17, 15) is 13.2 Å². The van der Waals surface area contributed by atoms with E-state index in [1.807, 2.05) is 13.8 Å². The number of amides is 1. The van der Waals surface area contributed by atoms with Gasteiger partial charge < -0.3 is 10.1 Å². The Balaban J connectivity index is 2.50. The highest BCUT2D eigenvalue weighted by atomic mass is 32.2. The van der Waals surface area contributed by atoms with E-state index in [2.05, 4.69) is 5.32 Å². The van der Waals surface area contributed by atoms with Crippen molar-refractivity contribution >= 4 is 27.3 Å². The molecule has 0 aliphatic heterocycles. The van der Waals surface area contributed by atoms with E-state index in [0.717, 1.165) is 11.3 Å². The number of carbonyl (C=O) groups is 1. The van der Waals surface area contributed by atoms with Gasteiger partial charge in [0.25, 0.3) is 5.91 Å². The van der Waals surface area contributed by atoms with Crippen LogP contribution < -0.4 is 10.5 Å². The summed E-state index contributed by atoms with van der Waals surface area (Å²) in [6, 6.07) is 1.26. The van der Waals surface area contributed by atoms with Crippen molar-refractivity contribution in [1.29, 1.82) is 0 Å². The molecule has 0 aliphatic rings. The van der Waals surface area contributed by atoms with Gasteiger partial charge in [0.2, 0.25) is 10.0 Å². The average molecular weight is 292 g/mol. The molecular weight excluding hydrogens is 276 g/mol. The van der Waals surface area contributed by atoms with Crippen LogP contribution in [0.5, 0.6) is 0 Å². The quantitative estimate of drug-likeness (QED) is 0.748. The minimum absolute atomic E-state index is 0.0221. The Morgan fingerprint density at radius 1 is 1.56 bits per heavy atom. The fourth-order valence-electron chi connectivity index (χ4n) is 1.15. The second-order valence-electron chi connectivity index (χ2n) is 3.87. The molecule has 1 aromatic heterocycles. The Morgan fingerprint density at radius 2 is 2.22 bits per heavy atom. The molecule has 1 aromatic rings. The smallest absolute Gasteiger partial charge is 0.252 e. The lowest BCUT2D eigenvalue weighted by Crippen LogP contribution is -2.27. The third kappa shape index (κ3) is 4.73. The standard InChI is InChI=1S/C10H16N2O4S2/c1-7(2)16-4-3-12-10(13)8-5-9(17-6-8)18(11,14)15/h5-7H,3-4H2,1-2H3,(H,12,13)(H2,11,14,15). The van der Waals surface area contributed by atoms with E-state index in [4.69, 9.17) is 9.88 Å². The zero-order valence-corrected chi connectivity index (χ0v) is 11.8. The molecule has 0 fully saturated rings. The van der Waals surface area contributed by atoms with Gasteiger partial charge in [-0.25, -0.2) is 13.6 Å². The molecule has 102 valence electrons. The van der Waals surface area contributed by atoms with Gasteiger partial charge >= 0.3 is 0 Å². The van der Waals surface area contributed by atoms with E-state index >= 15 is 0 Å². The van der Waals surface area contributed by atoms with E-state index in [1.54, 1.807) is 0 Å². The number of nitrogens with two attached hydrogens (primary N) is 1. The van der Waals surface area contributed by atoms with Gasteiger partial charge in [-0.3, -0.25) is 4.79 Å². The predicted molar refractivity (Wildman–Crippen MR) is 69.1 cm³/mol. The summed E-state index contributed by atoms with van der Waals surface area (Å²) in [4.78, 5) is 11.6. The van der Waals surface area contributed by atoms with Crippen LogP contribution in [0.25, 0.3) is 0 Å². The van der Waals surface area contributed by atoms with Gasteiger partial charge in [-0.2, -0.15) is 0 Å². The maximum atomic E-state index is 11.6. The zero-order chi connectivity index (χ0) is 13.8. The number of rotatable bonds is 6. The molecule has 0 atom stereocenters. The summed E-state index contributed by atoms with van der Waals surface area (Å²) in [5.74, 6) is -0.339. The molecule has 1 rings (SSSR count). The van der Waals surface area contributed by atoms with Crippen LogP contribution in [0.1, 0.15) is 24.2 Å². The average Bonchev–Trinajstić information content (AvgIpc) is 2.72. The van der Waals surface area contributed by atoms with E-state index in [1.165, 1.54) is 11.4 Å². The van der Waals surface area contributed by atoms with Gasteiger partial charge in [0, 0.05) is 11.9 Å². The summed E-state index contributed by atoms with van der Waals surface area (Å²) in [6.45, 7) is 4.59. The third-order valence-electron chi connectivity index (χ3n) is 1.96. The molecule has 0 aromatic carbocycles. The summed E-state index contributed by atoms with van der Waals surface area (Å²) in [5, 5.41) is 9.04. The number of primary sulfonamides is 1. The topological polar surface area (TPSA) is 98.5 Å². The Morgan fingerprint density at radius 3 is 2.72 bits per heavy atom. The second kappa shape index (κ2) is 6.28. The molecule has 8 heteroatoms. The summed E-state index contributed by atoms with van der Waals surface area (Å²) in [6.07, 6.45) is 0.108. The lowest BCUT2D eigenvalue weighted by Gasteiger charge is -2.07. The number of hydrogen-bond acceptors (Lipinski definition) is 5. The van der Waals surface area contributed by atoms with Crippen LogP contribution in [-0.4, -0.2) is 33.6 Å². The zero-order valence-electron chi connectivity index (χ0n) is 10.2. The molecule has 0 unspecified atom stereocenters. The fraction of sp³-hybridized carbons (Fsp3) is 0.500. The highest BCUT2D eigenvalue weighted by Crippen LogP contribution is 2.18. The van der Waals surface area contributed by atoms with Crippen molar-refractivity contribution in [3.8, 4) is 0 Å². The molecule has 0 radical (unpaired) electrons. The van der Waals surface area contributed by atoms with Crippen LogP contribution in [0.4, 0.5) is 0 Å². The minimum Gasteiger partial charge on any atom is -0.377 e. The largest absolute Gasteiger partial charge is 0.377 e. The molecule has 1 heterocycles. The lowest BCUT2D eigenvalue weighted by molar-refractivity contribution is 0.0747. The highest BCUT2D eigenvalue weighted by Gasteiger charge is 2.14. The Labute approximate surface area is 110 Å². The van der Waals surface area contributed by atoms with Crippen molar-refractivity contribution in [1.82, 2.24) is 5.32 Å². The highest BCUT2D eigenvalue weighted by molar-refractivity contribution is 7.91.